The molecule has 0 saturated heterocycles. The molecule has 0 heterocycles. The lowest BCUT2D eigenvalue weighted by Gasteiger charge is -2.29. The second-order valence-corrected chi connectivity index (χ2v) is 8.52. The maximum atomic E-state index is 9.84. The molecule has 7 N–H and O–H groups in total. The van der Waals surface area contributed by atoms with E-state index in [1.54, 1.807) is 11.9 Å². The third-order valence-electron chi connectivity index (χ3n) is 3.57. The molecule has 0 spiro atoms. The van der Waals surface area contributed by atoms with Gasteiger partial charge < -0.3 is 45.1 Å². The quantitative estimate of drug-likeness (QED) is 0.121. The molecule has 0 aromatic rings. The molecule has 0 aliphatic rings. The van der Waals surface area contributed by atoms with E-state index in [4.69, 9.17) is 9.84 Å². The van der Waals surface area contributed by atoms with Crippen molar-refractivity contribution in [3.05, 3.63) is 0 Å². The minimum atomic E-state index is -1.66. The summed E-state index contributed by atoms with van der Waals surface area (Å²) in [6, 6.07) is 0.766. The third kappa shape index (κ3) is 10.7. The van der Waals surface area contributed by atoms with Crippen molar-refractivity contribution in [2.24, 2.45) is 0 Å². The van der Waals surface area contributed by atoms with Crippen LogP contribution < -0.4 is 0 Å². The molecule has 6 unspecified atom stereocenters. The van der Waals surface area contributed by atoms with Gasteiger partial charge in [0.1, 0.15) is 18.3 Å². The predicted molar refractivity (Wildman–Crippen MR) is 90.1 cm³/mol. The van der Waals surface area contributed by atoms with Gasteiger partial charge in [-0.15, -0.1) is 0 Å². The number of rotatable bonds is 14. The van der Waals surface area contributed by atoms with E-state index < -0.39 is 46.2 Å². The zero-order valence-corrected chi connectivity index (χ0v) is 15.6. The van der Waals surface area contributed by atoms with Gasteiger partial charge in [0.15, 0.2) is 9.04 Å². The Balaban J connectivity index is 3.99. The lowest BCUT2D eigenvalue weighted by atomic mass is 10.0. The molecule has 0 aliphatic heterocycles. The number of hydrogen-bond acceptors (Lipinski definition) is 9. The standard InChI is InChI=1S/C14H33NO8Si/c1-15(6-10(17)9-23-4-3-5-24(2)22)7-11(18)13(20)14(21)12(19)8-16/h10-14,16-22,24H,3-9H2,1-2H3. The summed E-state index contributed by atoms with van der Waals surface area (Å²) < 4.78 is 5.31. The molecule has 24 heavy (non-hydrogen) atoms. The lowest BCUT2D eigenvalue weighted by molar-refractivity contribution is -0.119. The number of aliphatic hydroxyl groups is 6. The number of hydrogen-bond donors (Lipinski definition) is 7. The Morgan fingerprint density at radius 3 is 2.12 bits per heavy atom. The Labute approximate surface area is 144 Å². The Hall–Kier alpha value is -0.143. The van der Waals surface area contributed by atoms with E-state index in [9.17, 15) is 30.3 Å². The van der Waals surface area contributed by atoms with Gasteiger partial charge in [-0.1, -0.05) is 0 Å². The van der Waals surface area contributed by atoms with E-state index in [0.29, 0.717) is 6.61 Å². The van der Waals surface area contributed by atoms with E-state index in [1.807, 2.05) is 6.55 Å². The molecule has 9 nitrogen and oxygen atoms in total. The molecule has 0 rings (SSSR count). The fourth-order valence-electron chi connectivity index (χ4n) is 2.18. The number of ether oxygens (including phenoxy) is 1. The predicted octanol–water partition coefficient (Wildman–Crippen LogP) is -3.53. The van der Waals surface area contributed by atoms with Crippen molar-refractivity contribution in [3.8, 4) is 0 Å². The van der Waals surface area contributed by atoms with Gasteiger partial charge in [0.25, 0.3) is 0 Å². The summed E-state index contributed by atoms with van der Waals surface area (Å²) in [5.74, 6) is 0. The monoisotopic (exact) mass is 371 g/mol. The van der Waals surface area contributed by atoms with Gasteiger partial charge in [-0.05, 0) is 26.1 Å². The third-order valence-corrected chi connectivity index (χ3v) is 4.81. The summed E-state index contributed by atoms with van der Waals surface area (Å²) in [5, 5.41) is 56.9. The van der Waals surface area contributed by atoms with Crippen LogP contribution in [0.5, 0.6) is 0 Å². The van der Waals surface area contributed by atoms with Gasteiger partial charge in [-0.3, -0.25) is 0 Å². The normalized spacial score (nSPS) is 19.8. The van der Waals surface area contributed by atoms with Gasteiger partial charge >= 0.3 is 0 Å². The van der Waals surface area contributed by atoms with E-state index in [0.717, 1.165) is 12.5 Å². The minimum Gasteiger partial charge on any atom is -0.435 e. The number of likely N-dealkylation sites (N-methyl/N-ethyl adjacent to an activating group) is 1. The van der Waals surface area contributed by atoms with Crippen molar-refractivity contribution < 1.29 is 40.2 Å². The fraction of sp³-hybridized carbons (Fsp3) is 1.00. The Morgan fingerprint density at radius 2 is 1.58 bits per heavy atom. The smallest absolute Gasteiger partial charge is 0.169 e. The molecule has 0 bridgehead atoms. The highest BCUT2D eigenvalue weighted by Crippen LogP contribution is 2.07. The maximum absolute atomic E-state index is 9.84. The molecule has 146 valence electrons. The largest absolute Gasteiger partial charge is 0.435 e. The zero-order chi connectivity index (χ0) is 18.7. The van der Waals surface area contributed by atoms with E-state index >= 15 is 0 Å². The van der Waals surface area contributed by atoms with Gasteiger partial charge in [0.05, 0.1) is 25.4 Å². The van der Waals surface area contributed by atoms with Crippen LogP contribution in [0.4, 0.5) is 0 Å². The topological polar surface area (TPSA) is 154 Å². The zero-order valence-electron chi connectivity index (χ0n) is 14.4. The number of aliphatic hydroxyl groups excluding tert-OH is 6. The molecular weight excluding hydrogens is 338 g/mol. The molecule has 0 radical (unpaired) electrons. The van der Waals surface area contributed by atoms with Crippen LogP contribution in [-0.2, 0) is 4.74 Å². The van der Waals surface area contributed by atoms with Crippen LogP contribution in [0.15, 0.2) is 0 Å². The molecule has 0 saturated carbocycles. The molecule has 10 heteroatoms. The van der Waals surface area contributed by atoms with Crippen LogP contribution in [0.2, 0.25) is 12.6 Å². The summed E-state index contributed by atoms with van der Waals surface area (Å²) in [6.07, 6.45) is -6.20. The van der Waals surface area contributed by atoms with Crippen molar-refractivity contribution in [1.82, 2.24) is 4.90 Å². The fourth-order valence-corrected chi connectivity index (χ4v) is 2.94. The molecule has 6 atom stereocenters. The van der Waals surface area contributed by atoms with Gasteiger partial charge in [-0.2, -0.15) is 0 Å². The van der Waals surface area contributed by atoms with Crippen LogP contribution in [-0.4, -0.2) is 120 Å². The second kappa shape index (κ2) is 13.1. The average Bonchev–Trinajstić information content (AvgIpc) is 2.51. The van der Waals surface area contributed by atoms with Crippen molar-refractivity contribution in [2.45, 2.75) is 49.5 Å². The first-order valence-electron chi connectivity index (χ1n) is 8.14. The highest BCUT2D eigenvalue weighted by Gasteiger charge is 2.30. The van der Waals surface area contributed by atoms with Crippen molar-refractivity contribution in [2.75, 3.05) is 40.0 Å². The molecule has 0 amide bonds. The molecular formula is C14H33NO8Si. The Bertz CT molecular complexity index is 312. The number of nitrogens with zero attached hydrogens (tertiary/aromatic N) is 1. The summed E-state index contributed by atoms with van der Waals surface area (Å²) in [5.41, 5.74) is 0. The van der Waals surface area contributed by atoms with E-state index in [-0.39, 0.29) is 19.7 Å². The van der Waals surface area contributed by atoms with Crippen molar-refractivity contribution in [1.29, 1.82) is 0 Å². The van der Waals surface area contributed by atoms with Crippen LogP contribution in [0, 0.1) is 0 Å². The average molecular weight is 372 g/mol. The second-order valence-electron chi connectivity index (χ2n) is 6.24. The van der Waals surface area contributed by atoms with Crippen LogP contribution >= 0.6 is 0 Å². The van der Waals surface area contributed by atoms with Gasteiger partial charge in [-0.25, -0.2) is 0 Å². The first-order chi connectivity index (χ1) is 11.2. The van der Waals surface area contributed by atoms with E-state index in [1.165, 1.54) is 0 Å². The van der Waals surface area contributed by atoms with E-state index in [2.05, 4.69) is 0 Å². The Morgan fingerprint density at radius 1 is 1.00 bits per heavy atom. The minimum absolute atomic E-state index is 0.0406. The summed E-state index contributed by atoms with van der Waals surface area (Å²) in [4.78, 5) is 10.8. The summed E-state index contributed by atoms with van der Waals surface area (Å²) in [7, 11) is 0.0559. The first kappa shape index (κ1) is 23.9. The van der Waals surface area contributed by atoms with Crippen molar-refractivity contribution >= 4 is 9.04 Å². The van der Waals surface area contributed by atoms with Crippen molar-refractivity contribution in [3.63, 3.8) is 0 Å². The highest BCUT2D eigenvalue weighted by molar-refractivity contribution is 6.48. The van der Waals surface area contributed by atoms with Gasteiger partial charge in [0.2, 0.25) is 0 Å². The van der Waals surface area contributed by atoms with Crippen LogP contribution in [0.3, 0.4) is 0 Å². The van der Waals surface area contributed by atoms with Crippen LogP contribution in [0.1, 0.15) is 6.42 Å². The van der Waals surface area contributed by atoms with Gasteiger partial charge in [0, 0.05) is 19.7 Å². The SMILES string of the molecule is CN(CC(O)COCCC[SiH](C)O)CC(O)C(O)C(O)C(O)CO. The molecule has 0 aromatic heterocycles. The molecule has 0 aliphatic carbocycles. The summed E-state index contributed by atoms with van der Waals surface area (Å²) >= 11 is 0. The lowest BCUT2D eigenvalue weighted by Crippen LogP contribution is -2.50. The first-order valence-corrected chi connectivity index (χ1v) is 10.6. The summed E-state index contributed by atoms with van der Waals surface area (Å²) in [6.45, 7) is 1.84. The maximum Gasteiger partial charge on any atom is 0.169 e. The molecule has 0 fully saturated rings. The molecule has 0 aromatic carbocycles. The Kier molecular flexibility index (Phi) is 13.0. The van der Waals surface area contributed by atoms with Crippen LogP contribution in [0.25, 0.3) is 0 Å². The highest BCUT2D eigenvalue weighted by atomic mass is 28.3.